The smallest absolute Gasteiger partial charge is 0.265 e. The van der Waals surface area contributed by atoms with E-state index in [9.17, 15) is 9.18 Å². The summed E-state index contributed by atoms with van der Waals surface area (Å²) >= 11 is 0. The van der Waals surface area contributed by atoms with E-state index in [1.54, 1.807) is 0 Å². The third kappa shape index (κ3) is 2.30. The number of rotatable bonds is 2. The Labute approximate surface area is 115 Å². The van der Waals surface area contributed by atoms with Gasteiger partial charge in [-0.2, -0.15) is 0 Å². The number of nitrogens with two attached hydrogens (primary N) is 1. The van der Waals surface area contributed by atoms with Gasteiger partial charge in [-0.25, -0.2) is 4.39 Å². The molecule has 5 heteroatoms. The monoisotopic (exact) mass is 272 g/mol. The highest BCUT2D eigenvalue weighted by atomic mass is 19.1. The van der Waals surface area contributed by atoms with Crippen molar-refractivity contribution in [1.82, 2.24) is 0 Å². The highest BCUT2D eigenvalue weighted by Crippen LogP contribution is 2.29. The van der Waals surface area contributed by atoms with Gasteiger partial charge in [0.1, 0.15) is 11.6 Å². The van der Waals surface area contributed by atoms with Crippen LogP contribution in [0.3, 0.4) is 0 Å². The number of halogens is 1. The van der Waals surface area contributed by atoms with Crippen LogP contribution in [0.5, 0.6) is 5.75 Å². The predicted molar refractivity (Wildman–Crippen MR) is 74.0 cm³/mol. The third-order valence-corrected chi connectivity index (χ3v) is 3.21. The zero-order chi connectivity index (χ0) is 14.1. The molecule has 0 aliphatic carbocycles. The SMILES string of the molecule is Nc1ccc(F)cc1NC(=O)C1Cc2ccccc2O1. The summed E-state index contributed by atoms with van der Waals surface area (Å²) in [7, 11) is 0. The van der Waals surface area contributed by atoms with Gasteiger partial charge >= 0.3 is 0 Å². The van der Waals surface area contributed by atoms with Crippen LogP contribution >= 0.6 is 0 Å². The number of hydrogen-bond acceptors (Lipinski definition) is 3. The van der Waals surface area contributed by atoms with Gasteiger partial charge in [0, 0.05) is 6.42 Å². The quantitative estimate of drug-likeness (QED) is 0.825. The second kappa shape index (κ2) is 4.85. The number of anilines is 2. The molecule has 1 unspecified atom stereocenters. The lowest BCUT2D eigenvalue weighted by Crippen LogP contribution is -2.31. The van der Waals surface area contributed by atoms with Crippen molar-refractivity contribution in [2.24, 2.45) is 0 Å². The molecular weight excluding hydrogens is 259 g/mol. The van der Waals surface area contributed by atoms with E-state index in [1.165, 1.54) is 18.2 Å². The van der Waals surface area contributed by atoms with Gasteiger partial charge in [-0.3, -0.25) is 4.79 Å². The summed E-state index contributed by atoms with van der Waals surface area (Å²) in [6.07, 6.45) is -0.118. The first-order valence-electron chi connectivity index (χ1n) is 6.24. The average Bonchev–Trinajstić information content (AvgIpc) is 2.87. The van der Waals surface area contributed by atoms with Crippen LogP contribution in [0.4, 0.5) is 15.8 Å². The molecule has 3 N–H and O–H groups in total. The van der Waals surface area contributed by atoms with E-state index >= 15 is 0 Å². The van der Waals surface area contributed by atoms with Crippen LogP contribution < -0.4 is 15.8 Å². The summed E-state index contributed by atoms with van der Waals surface area (Å²) in [6.45, 7) is 0. The molecule has 2 aromatic rings. The minimum absolute atomic E-state index is 0.259. The van der Waals surface area contributed by atoms with Gasteiger partial charge in [-0.15, -0.1) is 0 Å². The molecule has 4 nitrogen and oxygen atoms in total. The molecule has 0 radical (unpaired) electrons. The molecule has 0 aromatic heterocycles. The Bertz CT molecular complexity index is 648. The van der Waals surface area contributed by atoms with Gasteiger partial charge in [0.15, 0.2) is 6.10 Å². The summed E-state index contributed by atoms with van der Waals surface area (Å²) in [5.41, 5.74) is 7.26. The maximum absolute atomic E-state index is 13.2. The maximum Gasteiger partial charge on any atom is 0.265 e. The van der Waals surface area contributed by atoms with E-state index in [4.69, 9.17) is 10.5 Å². The van der Waals surface area contributed by atoms with E-state index in [1.807, 2.05) is 24.3 Å². The number of nitrogen functional groups attached to an aromatic ring is 1. The Kier molecular flexibility index (Phi) is 3.02. The Morgan fingerprint density at radius 1 is 1.30 bits per heavy atom. The Morgan fingerprint density at radius 3 is 2.90 bits per heavy atom. The lowest BCUT2D eigenvalue weighted by molar-refractivity contribution is -0.122. The zero-order valence-electron chi connectivity index (χ0n) is 10.6. The summed E-state index contributed by atoms with van der Waals surface area (Å²) in [5.74, 6) is -0.0801. The number of carbonyl (C=O) groups is 1. The molecule has 0 bridgehead atoms. The first-order chi connectivity index (χ1) is 9.63. The lowest BCUT2D eigenvalue weighted by atomic mass is 10.1. The molecule has 1 amide bonds. The molecule has 102 valence electrons. The van der Waals surface area contributed by atoms with Crippen molar-refractivity contribution in [2.45, 2.75) is 12.5 Å². The van der Waals surface area contributed by atoms with Gasteiger partial charge < -0.3 is 15.8 Å². The standard InChI is InChI=1S/C15H13FN2O2/c16-10-5-6-11(17)12(8-10)18-15(19)14-7-9-3-1-2-4-13(9)20-14/h1-6,8,14H,7,17H2,(H,18,19). The van der Waals surface area contributed by atoms with E-state index in [0.717, 1.165) is 5.56 Å². The van der Waals surface area contributed by atoms with Crippen molar-refractivity contribution in [3.05, 3.63) is 53.8 Å². The Balaban J connectivity index is 1.74. The van der Waals surface area contributed by atoms with Crippen molar-refractivity contribution in [3.63, 3.8) is 0 Å². The molecule has 3 rings (SSSR count). The summed E-state index contributed by atoms with van der Waals surface area (Å²) < 4.78 is 18.7. The van der Waals surface area contributed by atoms with E-state index < -0.39 is 11.9 Å². The minimum atomic E-state index is -0.616. The van der Waals surface area contributed by atoms with E-state index in [0.29, 0.717) is 17.9 Å². The van der Waals surface area contributed by atoms with Crippen LogP contribution in [-0.4, -0.2) is 12.0 Å². The molecule has 1 aliphatic heterocycles. The topological polar surface area (TPSA) is 64.3 Å². The fourth-order valence-corrected chi connectivity index (χ4v) is 2.18. The number of para-hydroxylation sites is 1. The van der Waals surface area contributed by atoms with E-state index in [-0.39, 0.29) is 11.6 Å². The minimum Gasteiger partial charge on any atom is -0.480 e. The van der Waals surface area contributed by atoms with Crippen molar-refractivity contribution >= 4 is 17.3 Å². The van der Waals surface area contributed by atoms with Gasteiger partial charge in [0.05, 0.1) is 11.4 Å². The number of nitrogens with one attached hydrogen (secondary N) is 1. The van der Waals surface area contributed by atoms with Gasteiger partial charge in [0.2, 0.25) is 0 Å². The van der Waals surface area contributed by atoms with Gasteiger partial charge in [0.25, 0.3) is 5.91 Å². The maximum atomic E-state index is 13.2. The zero-order valence-corrected chi connectivity index (χ0v) is 10.6. The number of ether oxygens (including phenoxy) is 1. The number of fused-ring (bicyclic) bond motifs is 1. The molecule has 1 heterocycles. The van der Waals surface area contributed by atoms with Crippen LogP contribution in [0.15, 0.2) is 42.5 Å². The van der Waals surface area contributed by atoms with Crippen LogP contribution in [0.2, 0.25) is 0 Å². The molecule has 2 aromatic carbocycles. The van der Waals surface area contributed by atoms with Gasteiger partial charge in [-0.1, -0.05) is 18.2 Å². The summed E-state index contributed by atoms with van der Waals surface area (Å²) in [5, 5.41) is 2.60. The summed E-state index contributed by atoms with van der Waals surface area (Å²) in [4.78, 5) is 12.1. The van der Waals surface area contributed by atoms with Crippen molar-refractivity contribution < 1.29 is 13.9 Å². The van der Waals surface area contributed by atoms with Crippen molar-refractivity contribution in [2.75, 3.05) is 11.1 Å². The van der Waals surface area contributed by atoms with Crippen LogP contribution in [0.25, 0.3) is 0 Å². The highest BCUT2D eigenvalue weighted by Gasteiger charge is 2.29. The molecule has 0 spiro atoms. The second-order valence-corrected chi connectivity index (χ2v) is 4.64. The number of amides is 1. The number of benzene rings is 2. The second-order valence-electron chi connectivity index (χ2n) is 4.64. The van der Waals surface area contributed by atoms with Crippen LogP contribution in [-0.2, 0) is 11.2 Å². The molecule has 1 aliphatic rings. The van der Waals surface area contributed by atoms with Crippen molar-refractivity contribution in [3.8, 4) is 5.75 Å². The van der Waals surface area contributed by atoms with Gasteiger partial charge in [-0.05, 0) is 29.8 Å². The van der Waals surface area contributed by atoms with Crippen LogP contribution in [0.1, 0.15) is 5.56 Å². The predicted octanol–water partition coefficient (Wildman–Crippen LogP) is 2.35. The molecule has 20 heavy (non-hydrogen) atoms. The first-order valence-corrected chi connectivity index (χ1v) is 6.24. The summed E-state index contributed by atoms with van der Waals surface area (Å²) in [6, 6.07) is 11.3. The molecule has 1 atom stereocenters. The fraction of sp³-hybridized carbons (Fsp3) is 0.133. The normalized spacial score (nSPS) is 16.4. The first kappa shape index (κ1) is 12.5. The molecule has 0 fully saturated rings. The number of hydrogen-bond donors (Lipinski definition) is 2. The molecule has 0 saturated carbocycles. The molecule has 0 saturated heterocycles. The fourth-order valence-electron chi connectivity index (χ4n) is 2.18. The highest BCUT2D eigenvalue weighted by molar-refractivity contribution is 5.97. The largest absolute Gasteiger partial charge is 0.480 e. The lowest BCUT2D eigenvalue weighted by Gasteiger charge is -2.12. The van der Waals surface area contributed by atoms with Crippen LogP contribution in [0, 0.1) is 5.82 Å². The Morgan fingerprint density at radius 2 is 2.10 bits per heavy atom. The molecular formula is C15H13FN2O2. The van der Waals surface area contributed by atoms with Crippen molar-refractivity contribution in [1.29, 1.82) is 0 Å². The average molecular weight is 272 g/mol. The van der Waals surface area contributed by atoms with E-state index in [2.05, 4.69) is 5.32 Å². The Hall–Kier alpha value is -2.56. The number of carbonyl (C=O) groups excluding carboxylic acids is 1. The third-order valence-electron chi connectivity index (χ3n) is 3.21.